The summed E-state index contributed by atoms with van der Waals surface area (Å²) >= 11 is 0. The van der Waals surface area contributed by atoms with Crippen LogP contribution in [-0.2, 0) is 4.74 Å². The molecule has 2 heterocycles. The van der Waals surface area contributed by atoms with Crippen LogP contribution < -0.4 is 0 Å². The second-order valence-electron chi connectivity index (χ2n) is 4.46. The van der Waals surface area contributed by atoms with Gasteiger partial charge in [0, 0.05) is 12.6 Å². The summed E-state index contributed by atoms with van der Waals surface area (Å²) in [5.41, 5.74) is 0. The highest BCUT2D eigenvalue weighted by Gasteiger charge is 2.27. The van der Waals surface area contributed by atoms with Crippen molar-refractivity contribution in [3.63, 3.8) is 0 Å². The molecule has 0 radical (unpaired) electrons. The van der Waals surface area contributed by atoms with Gasteiger partial charge in [0.15, 0.2) is 0 Å². The molecule has 13 heavy (non-hydrogen) atoms. The first-order valence-electron chi connectivity index (χ1n) is 5.70. The number of piperidine rings is 1. The molecular weight excluding hydrogens is 162 g/mol. The predicted molar refractivity (Wildman–Crippen MR) is 53.8 cm³/mol. The van der Waals surface area contributed by atoms with Gasteiger partial charge in [0.2, 0.25) is 0 Å². The molecule has 2 fully saturated rings. The maximum atomic E-state index is 5.44. The fraction of sp³-hybridized carbons (Fsp3) is 1.00. The van der Waals surface area contributed by atoms with E-state index in [1.807, 2.05) is 0 Å². The molecule has 0 aromatic rings. The van der Waals surface area contributed by atoms with Gasteiger partial charge in [0.05, 0.1) is 6.61 Å². The van der Waals surface area contributed by atoms with E-state index < -0.39 is 0 Å². The van der Waals surface area contributed by atoms with E-state index in [0.29, 0.717) is 0 Å². The lowest BCUT2D eigenvalue weighted by Gasteiger charge is -2.35. The van der Waals surface area contributed by atoms with E-state index in [-0.39, 0.29) is 0 Å². The second kappa shape index (κ2) is 4.43. The third-order valence-corrected chi connectivity index (χ3v) is 3.61. The van der Waals surface area contributed by atoms with Crippen molar-refractivity contribution < 1.29 is 4.74 Å². The minimum absolute atomic E-state index is 0.753. The summed E-state index contributed by atoms with van der Waals surface area (Å²) in [6.45, 7) is 7.00. The van der Waals surface area contributed by atoms with Crippen LogP contribution in [0.25, 0.3) is 0 Å². The van der Waals surface area contributed by atoms with Crippen LogP contribution in [0.5, 0.6) is 0 Å². The largest absolute Gasteiger partial charge is 0.381 e. The molecule has 0 spiro atoms. The van der Waals surface area contributed by atoms with Gasteiger partial charge in [-0.05, 0) is 45.2 Å². The summed E-state index contributed by atoms with van der Waals surface area (Å²) in [5, 5.41) is 0. The molecule has 2 nitrogen and oxygen atoms in total. The highest BCUT2D eigenvalue weighted by atomic mass is 16.5. The zero-order chi connectivity index (χ0) is 9.10. The Morgan fingerprint density at radius 1 is 1.23 bits per heavy atom. The molecule has 2 atom stereocenters. The molecule has 0 aromatic heterocycles. The van der Waals surface area contributed by atoms with Crippen molar-refractivity contribution in [2.75, 3.05) is 26.3 Å². The number of ether oxygens (including phenoxy) is 1. The molecule has 0 bridgehead atoms. The first-order valence-corrected chi connectivity index (χ1v) is 5.70. The third kappa shape index (κ3) is 2.23. The molecule has 0 N–H and O–H groups in total. The molecule has 0 amide bonds. The number of hydrogen-bond donors (Lipinski definition) is 0. The van der Waals surface area contributed by atoms with Gasteiger partial charge in [0.1, 0.15) is 0 Å². The summed E-state index contributed by atoms with van der Waals surface area (Å²) in [7, 11) is 0. The lowest BCUT2D eigenvalue weighted by molar-refractivity contribution is 0.111. The fourth-order valence-corrected chi connectivity index (χ4v) is 2.56. The maximum Gasteiger partial charge on any atom is 0.0509 e. The second-order valence-corrected chi connectivity index (χ2v) is 4.46. The topological polar surface area (TPSA) is 12.5 Å². The van der Waals surface area contributed by atoms with Gasteiger partial charge in [0.25, 0.3) is 0 Å². The van der Waals surface area contributed by atoms with E-state index in [1.54, 1.807) is 0 Å². The van der Waals surface area contributed by atoms with E-state index in [1.165, 1.54) is 38.8 Å². The van der Waals surface area contributed by atoms with Crippen LogP contribution in [-0.4, -0.2) is 37.2 Å². The van der Waals surface area contributed by atoms with Gasteiger partial charge in [-0.25, -0.2) is 0 Å². The van der Waals surface area contributed by atoms with Crippen LogP contribution in [0, 0.1) is 5.92 Å². The molecule has 0 aromatic carbocycles. The van der Waals surface area contributed by atoms with Crippen molar-refractivity contribution in [1.82, 2.24) is 4.90 Å². The van der Waals surface area contributed by atoms with E-state index in [9.17, 15) is 0 Å². The van der Waals surface area contributed by atoms with Crippen LogP contribution in [0.3, 0.4) is 0 Å². The number of rotatable bonds is 2. The summed E-state index contributed by atoms with van der Waals surface area (Å²) in [5.74, 6) is 0.804. The summed E-state index contributed by atoms with van der Waals surface area (Å²) in [6, 6.07) is 0.753. The van der Waals surface area contributed by atoms with Crippen molar-refractivity contribution >= 4 is 0 Å². The Bertz CT molecular complexity index is 148. The van der Waals surface area contributed by atoms with E-state index >= 15 is 0 Å². The van der Waals surface area contributed by atoms with Crippen LogP contribution >= 0.6 is 0 Å². The van der Waals surface area contributed by atoms with Gasteiger partial charge in [-0.15, -0.1) is 0 Å². The minimum atomic E-state index is 0.753. The average molecular weight is 183 g/mol. The first kappa shape index (κ1) is 9.47. The summed E-state index contributed by atoms with van der Waals surface area (Å²) < 4.78 is 5.44. The van der Waals surface area contributed by atoms with E-state index in [0.717, 1.165) is 25.2 Å². The molecular formula is C11H21NO. The smallest absolute Gasteiger partial charge is 0.0509 e. The normalized spacial score (nSPS) is 33.5. The maximum absolute atomic E-state index is 5.44. The standard InChI is InChI=1S/C11H21NO/c1-10(11-5-8-13-9-11)12-6-3-2-4-7-12/h10-11H,2-9H2,1H3. The Morgan fingerprint density at radius 2 is 2.00 bits per heavy atom. The van der Waals surface area contributed by atoms with Crippen LogP contribution in [0.2, 0.25) is 0 Å². The summed E-state index contributed by atoms with van der Waals surface area (Å²) in [6.07, 6.45) is 5.51. The lowest BCUT2D eigenvalue weighted by Crippen LogP contribution is -2.41. The Kier molecular flexibility index (Phi) is 3.23. The molecule has 0 aliphatic carbocycles. The number of likely N-dealkylation sites (tertiary alicyclic amines) is 1. The van der Waals surface area contributed by atoms with Crippen LogP contribution in [0.4, 0.5) is 0 Å². The van der Waals surface area contributed by atoms with Crippen molar-refractivity contribution in [3.05, 3.63) is 0 Å². The molecule has 2 saturated heterocycles. The Hall–Kier alpha value is -0.0800. The fourth-order valence-electron chi connectivity index (χ4n) is 2.56. The summed E-state index contributed by atoms with van der Waals surface area (Å²) in [4.78, 5) is 2.66. The third-order valence-electron chi connectivity index (χ3n) is 3.61. The van der Waals surface area contributed by atoms with Crippen molar-refractivity contribution in [3.8, 4) is 0 Å². The van der Waals surface area contributed by atoms with Crippen molar-refractivity contribution in [1.29, 1.82) is 0 Å². The quantitative estimate of drug-likeness (QED) is 0.648. The zero-order valence-corrected chi connectivity index (χ0v) is 8.67. The Labute approximate surface area is 81.3 Å². The van der Waals surface area contributed by atoms with Crippen LogP contribution in [0.1, 0.15) is 32.6 Å². The van der Waals surface area contributed by atoms with Gasteiger partial charge in [-0.3, -0.25) is 0 Å². The molecule has 2 heteroatoms. The lowest BCUT2D eigenvalue weighted by atomic mass is 9.97. The van der Waals surface area contributed by atoms with Gasteiger partial charge in [-0.2, -0.15) is 0 Å². The van der Waals surface area contributed by atoms with Gasteiger partial charge in [-0.1, -0.05) is 6.42 Å². The molecule has 2 aliphatic heterocycles. The SMILES string of the molecule is CC(C1CCOC1)N1CCCCC1. The van der Waals surface area contributed by atoms with E-state index in [4.69, 9.17) is 4.74 Å². The van der Waals surface area contributed by atoms with Crippen molar-refractivity contribution in [2.45, 2.75) is 38.6 Å². The average Bonchev–Trinajstić information content (AvgIpc) is 2.71. The molecule has 2 aliphatic rings. The first-order chi connectivity index (χ1) is 6.38. The van der Waals surface area contributed by atoms with Gasteiger partial charge >= 0.3 is 0 Å². The minimum Gasteiger partial charge on any atom is -0.381 e. The molecule has 0 saturated carbocycles. The van der Waals surface area contributed by atoms with Crippen molar-refractivity contribution in [2.24, 2.45) is 5.92 Å². The Balaban J connectivity index is 1.83. The predicted octanol–water partition coefficient (Wildman–Crippen LogP) is 1.90. The zero-order valence-electron chi connectivity index (χ0n) is 8.67. The highest BCUT2D eigenvalue weighted by molar-refractivity contribution is 4.80. The Morgan fingerprint density at radius 3 is 2.62 bits per heavy atom. The monoisotopic (exact) mass is 183 g/mol. The molecule has 76 valence electrons. The number of nitrogens with zero attached hydrogens (tertiary/aromatic N) is 1. The van der Waals surface area contributed by atoms with Gasteiger partial charge < -0.3 is 9.64 Å². The number of hydrogen-bond acceptors (Lipinski definition) is 2. The molecule has 2 rings (SSSR count). The van der Waals surface area contributed by atoms with Crippen LogP contribution in [0.15, 0.2) is 0 Å². The molecule has 2 unspecified atom stereocenters. The van der Waals surface area contributed by atoms with E-state index in [2.05, 4.69) is 11.8 Å². The highest BCUT2D eigenvalue weighted by Crippen LogP contribution is 2.23.